The van der Waals surface area contributed by atoms with Crippen LogP contribution in [0.5, 0.6) is 0 Å². The van der Waals surface area contributed by atoms with E-state index in [1.165, 1.54) is 13.1 Å². The molecule has 2 N–H and O–H groups in total. The highest BCUT2D eigenvalue weighted by Crippen LogP contribution is 2.26. The molecule has 3 aromatic rings. The molecule has 1 aromatic carbocycles. The van der Waals surface area contributed by atoms with Crippen molar-refractivity contribution < 1.29 is 9.18 Å². The van der Waals surface area contributed by atoms with E-state index in [2.05, 4.69) is 37.0 Å². The molecule has 0 spiro atoms. The fraction of sp³-hybridized carbons (Fsp3) is 0.280. The molecule has 0 unspecified atom stereocenters. The van der Waals surface area contributed by atoms with Crippen molar-refractivity contribution in [1.29, 1.82) is 0 Å². The summed E-state index contributed by atoms with van der Waals surface area (Å²) in [5, 5.41) is 2.44. The molecular weight excluding hydrogens is 421 g/mol. The summed E-state index contributed by atoms with van der Waals surface area (Å²) in [5.74, 6) is 4.94. The Balaban J connectivity index is 1.55. The summed E-state index contributed by atoms with van der Waals surface area (Å²) >= 11 is 0. The number of H-pyrrole nitrogens is 1. The number of hydrogen-bond donors (Lipinski definition) is 2. The lowest BCUT2D eigenvalue weighted by Gasteiger charge is -2.26. The standard InChI is InChI=1S/C25H24FN5O2/c1-4-5-18-12-16(13-21-22(18)28-15(2)24(32)30-21)14-31-10-8-17(9-11-31)19-6-7-20(25(33)27-3)29-23(19)26/h6-8,12-13H,9-11,14H2,1-3H3,(H,27,33)(H,30,32). The van der Waals surface area contributed by atoms with Crippen molar-refractivity contribution >= 4 is 22.5 Å². The maximum Gasteiger partial charge on any atom is 0.269 e. The molecule has 4 rings (SSSR count). The van der Waals surface area contributed by atoms with Crippen LogP contribution in [0.2, 0.25) is 0 Å². The van der Waals surface area contributed by atoms with Crippen molar-refractivity contribution in [2.75, 3.05) is 20.1 Å². The van der Waals surface area contributed by atoms with Gasteiger partial charge in [0.1, 0.15) is 16.9 Å². The summed E-state index contributed by atoms with van der Waals surface area (Å²) in [6, 6.07) is 7.08. The van der Waals surface area contributed by atoms with E-state index >= 15 is 0 Å². The van der Waals surface area contributed by atoms with Crippen molar-refractivity contribution in [3.05, 3.63) is 74.7 Å². The summed E-state index contributed by atoms with van der Waals surface area (Å²) < 4.78 is 14.5. The van der Waals surface area contributed by atoms with Crippen LogP contribution in [0.1, 0.15) is 46.2 Å². The number of aryl methyl sites for hydroxylation is 1. The summed E-state index contributed by atoms with van der Waals surface area (Å²) in [5.41, 5.74) is 4.71. The number of benzene rings is 1. The van der Waals surface area contributed by atoms with Gasteiger partial charge in [0.2, 0.25) is 5.95 Å². The second-order valence-electron chi connectivity index (χ2n) is 7.89. The van der Waals surface area contributed by atoms with Gasteiger partial charge in [0.15, 0.2) is 0 Å². The number of aromatic amines is 1. The second kappa shape index (κ2) is 9.35. The number of carbonyl (C=O) groups excluding carboxylic acids is 1. The second-order valence-corrected chi connectivity index (χ2v) is 7.89. The Morgan fingerprint density at radius 1 is 1.30 bits per heavy atom. The van der Waals surface area contributed by atoms with Gasteiger partial charge in [0, 0.05) is 32.2 Å². The SMILES string of the molecule is CC#Cc1cc(CN2CC=C(c3ccc(C(=O)NC)nc3F)CC2)cc2[nH]c(=O)c(C)nc12. The first-order valence-corrected chi connectivity index (χ1v) is 10.7. The number of nitrogens with zero attached hydrogens (tertiary/aromatic N) is 3. The molecule has 7 nitrogen and oxygen atoms in total. The van der Waals surface area contributed by atoms with Gasteiger partial charge in [0.25, 0.3) is 11.5 Å². The number of hydrogen-bond acceptors (Lipinski definition) is 5. The van der Waals surface area contributed by atoms with Crippen LogP contribution in [0.3, 0.4) is 0 Å². The number of fused-ring (bicyclic) bond motifs is 1. The van der Waals surface area contributed by atoms with E-state index in [0.29, 0.717) is 41.8 Å². The summed E-state index contributed by atoms with van der Waals surface area (Å²) in [4.78, 5) is 37.0. The van der Waals surface area contributed by atoms with Crippen LogP contribution >= 0.6 is 0 Å². The van der Waals surface area contributed by atoms with E-state index in [9.17, 15) is 14.0 Å². The van der Waals surface area contributed by atoms with Crippen LogP contribution in [0, 0.1) is 24.7 Å². The summed E-state index contributed by atoms with van der Waals surface area (Å²) in [6.45, 7) is 5.48. The van der Waals surface area contributed by atoms with Crippen LogP contribution in [-0.4, -0.2) is 45.9 Å². The Bertz CT molecular complexity index is 1400. The quantitative estimate of drug-likeness (QED) is 0.476. The number of rotatable bonds is 4. The molecule has 0 radical (unpaired) electrons. The van der Waals surface area contributed by atoms with E-state index in [0.717, 1.165) is 23.2 Å². The van der Waals surface area contributed by atoms with Crippen LogP contribution in [0.25, 0.3) is 16.6 Å². The van der Waals surface area contributed by atoms with Gasteiger partial charge in [-0.25, -0.2) is 9.97 Å². The lowest BCUT2D eigenvalue weighted by molar-refractivity contribution is 0.0957. The molecule has 0 fully saturated rings. The number of aromatic nitrogens is 3. The topological polar surface area (TPSA) is 91.0 Å². The van der Waals surface area contributed by atoms with Crippen LogP contribution < -0.4 is 10.9 Å². The van der Waals surface area contributed by atoms with Gasteiger partial charge in [-0.15, -0.1) is 5.92 Å². The average molecular weight is 445 g/mol. The Morgan fingerprint density at radius 3 is 2.79 bits per heavy atom. The molecule has 0 saturated carbocycles. The summed E-state index contributed by atoms with van der Waals surface area (Å²) in [6.07, 6.45) is 2.65. The predicted octanol–water partition coefficient (Wildman–Crippen LogP) is 2.79. The highest BCUT2D eigenvalue weighted by Gasteiger charge is 2.18. The van der Waals surface area contributed by atoms with Gasteiger partial charge in [-0.05, 0) is 55.7 Å². The Morgan fingerprint density at radius 2 is 2.12 bits per heavy atom. The number of carbonyl (C=O) groups is 1. The fourth-order valence-electron chi connectivity index (χ4n) is 3.95. The molecule has 8 heteroatoms. The third kappa shape index (κ3) is 4.69. The normalized spacial score (nSPS) is 13.9. The van der Waals surface area contributed by atoms with Gasteiger partial charge in [0.05, 0.1) is 11.1 Å². The molecule has 0 atom stereocenters. The zero-order valence-corrected chi connectivity index (χ0v) is 18.8. The molecule has 168 valence electrons. The number of nitrogens with one attached hydrogen (secondary N) is 2. The zero-order chi connectivity index (χ0) is 23.5. The molecule has 3 heterocycles. The van der Waals surface area contributed by atoms with E-state index in [1.807, 2.05) is 18.2 Å². The fourth-order valence-corrected chi connectivity index (χ4v) is 3.95. The van der Waals surface area contributed by atoms with Gasteiger partial charge in [-0.3, -0.25) is 14.5 Å². The molecule has 1 aliphatic rings. The first kappa shape index (κ1) is 22.4. The molecule has 0 bridgehead atoms. The van der Waals surface area contributed by atoms with Gasteiger partial charge in [-0.2, -0.15) is 4.39 Å². The predicted molar refractivity (Wildman–Crippen MR) is 125 cm³/mol. The lowest BCUT2D eigenvalue weighted by atomic mass is 9.99. The van der Waals surface area contributed by atoms with Gasteiger partial charge < -0.3 is 10.3 Å². The molecule has 33 heavy (non-hydrogen) atoms. The Kier molecular flexibility index (Phi) is 6.33. The van der Waals surface area contributed by atoms with Crippen molar-refractivity contribution in [1.82, 2.24) is 25.2 Å². The van der Waals surface area contributed by atoms with Gasteiger partial charge in [-0.1, -0.05) is 12.0 Å². The van der Waals surface area contributed by atoms with Crippen molar-refractivity contribution in [3.63, 3.8) is 0 Å². The molecule has 1 amide bonds. The number of amides is 1. The molecule has 2 aromatic heterocycles. The highest BCUT2D eigenvalue weighted by molar-refractivity contribution is 5.92. The zero-order valence-electron chi connectivity index (χ0n) is 18.8. The Labute approximate surface area is 190 Å². The summed E-state index contributed by atoms with van der Waals surface area (Å²) in [7, 11) is 1.48. The minimum absolute atomic E-state index is 0.0572. The third-order valence-corrected chi connectivity index (χ3v) is 5.64. The largest absolute Gasteiger partial charge is 0.354 e. The van der Waals surface area contributed by atoms with Crippen LogP contribution in [0.15, 0.2) is 35.1 Å². The monoisotopic (exact) mass is 445 g/mol. The minimum Gasteiger partial charge on any atom is -0.354 e. The van der Waals surface area contributed by atoms with Crippen molar-refractivity contribution in [2.24, 2.45) is 0 Å². The first-order valence-electron chi connectivity index (χ1n) is 10.7. The molecule has 0 aliphatic carbocycles. The number of pyridine rings is 1. The molecular formula is C25H24FN5O2. The van der Waals surface area contributed by atoms with E-state index in [1.54, 1.807) is 19.9 Å². The smallest absolute Gasteiger partial charge is 0.269 e. The maximum absolute atomic E-state index is 14.5. The third-order valence-electron chi connectivity index (χ3n) is 5.64. The number of halogens is 1. The Hall–Kier alpha value is -3.83. The average Bonchev–Trinajstić information content (AvgIpc) is 2.80. The van der Waals surface area contributed by atoms with Gasteiger partial charge >= 0.3 is 0 Å². The minimum atomic E-state index is -0.639. The van der Waals surface area contributed by atoms with Crippen molar-refractivity contribution in [3.8, 4) is 11.8 Å². The molecule has 0 saturated heterocycles. The van der Waals surface area contributed by atoms with E-state index in [-0.39, 0.29) is 11.3 Å². The maximum atomic E-state index is 14.5. The van der Waals surface area contributed by atoms with Crippen LogP contribution in [0.4, 0.5) is 4.39 Å². The lowest BCUT2D eigenvalue weighted by Crippen LogP contribution is -2.28. The van der Waals surface area contributed by atoms with Crippen LogP contribution in [-0.2, 0) is 6.54 Å². The van der Waals surface area contributed by atoms with E-state index in [4.69, 9.17) is 0 Å². The van der Waals surface area contributed by atoms with E-state index < -0.39 is 11.9 Å². The first-order chi connectivity index (χ1) is 15.9. The highest BCUT2D eigenvalue weighted by atomic mass is 19.1. The van der Waals surface area contributed by atoms with Crippen molar-refractivity contribution in [2.45, 2.75) is 26.8 Å². The molecule has 1 aliphatic heterocycles.